The summed E-state index contributed by atoms with van der Waals surface area (Å²) in [5.74, 6) is 0.260. The van der Waals surface area contributed by atoms with Gasteiger partial charge in [0, 0.05) is 24.6 Å². The fourth-order valence-corrected chi connectivity index (χ4v) is 5.60. The maximum Gasteiger partial charge on any atom is 0.226 e. The molecular weight excluding hydrogens is 384 g/mol. The molecule has 1 fully saturated rings. The Labute approximate surface area is 183 Å². The summed E-state index contributed by atoms with van der Waals surface area (Å²) < 4.78 is 5.69. The molecule has 0 radical (unpaired) electrons. The third kappa shape index (κ3) is 2.79. The van der Waals surface area contributed by atoms with Crippen molar-refractivity contribution in [2.75, 3.05) is 26.3 Å². The van der Waals surface area contributed by atoms with Gasteiger partial charge < -0.3 is 9.57 Å². The van der Waals surface area contributed by atoms with Gasteiger partial charge in [-0.15, -0.1) is 0 Å². The van der Waals surface area contributed by atoms with Crippen molar-refractivity contribution in [3.8, 4) is 0 Å². The Kier molecular flexibility index (Phi) is 4.44. The Hall–Kier alpha value is -2.95. The maximum atomic E-state index is 6.54. The molecule has 156 valence electrons. The van der Waals surface area contributed by atoms with Gasteiger partial charge in [0.2, 0.25) is 5.72 Å². The molecule has 1 aliphatic carbocycles. The van der Waals surface area contributed by atoms with E-state index in [1.165, 1.54) is 22.3 Å². The zero-order chi connectivity index (χ0) is 20.8. The van der Waals surface area contributed by atoms with E-state index in [4.69, 9.17) is 14.7 Å². The number of benzene rings is 3. The lowest BCUT2D eigenvalue weighted by atomic mass is 9.78. The zero-order valence-electron chi connectivity index (χ0n) is 17.7. The third-order valence-electron chi connectivity index (χ3n) is 7.00. The van der Waals surface area contributed by atoms with Crippen molar-refractivity contribution in [1.82, 2.24) is 4.90 Å². The van der Waals surface area contributed by atoms with Crippen molar-refractivity contribution < 1.29 is 9.57 Å². The van der Waals surface area contributed by atoms with Crippen molar-refractivity contribution in [2.24, 2.45) is 11.1 Å². The average Bonchev–Trinajstić information content (AvgIpc) is 3.35. The normalized spacial score (nSPS) is 27.3. The van der Waals surface area contributed by atoms with E-state index >= 15 is 0 Å². The Balaban J connectivity index is 1.57. The van der Waals surface area contributed by atoms with Gasteiger partial charge in [0.05, 0.1) is 24.8 Å². The van der Waals surface area contributed by atoms with Gasteiger partial charge in [0.15, 0.2) is 0 Å². The maximum absolute atomic E-state index is 6.54. The van der Waals surface area contributed by atoms with E-state index < -0.39 is 5.72 Å². The van der Waals surface area contributed by atoms with Crippen LogP contribution in [0.4, 0.5) is 0 Å². The summed E-state index contributed by atoms with van der Waals surface area (Å²) in [6.45, 7) is 5.23. The number of nitrogens with zero attached hydrogens (tertiary/aromatic N) is 2. The lowest BCUT2D eigenvalue weighted by molar-refractivity contribution is -0.185. The molecule has 0 unspecified atom stereocenters. The number of oxime groups is 1. The highest BCUT2D eigenvalue weighted by molar-refractivity contribution is 6.05. The lowest BCUT2D eigenvalue weighted by Gasteiger charge is -2.42. The zero-order valence-corrected chi connectivity index (χ0v) is 17.7. The van der Waals surface area contributed by atoms with Crippen LogP contribution in [0.3, 0.4) is 0 Å². The molecule has 0 aromatic heterocycles. The van der Waals surface area contributed by atoms with Crippen LogP contribution >= 0.6 is 0 Å². The Bertz CT molecular complexity index is 1120. The van der Waals surface area contributed by atoms with Crippen LogP contribution in [-0.2, 0) is 15.3 Å². The van der Waals surface area contributed by atoms with E-state index in [9.17, 15) is 0 Å². The highest BCUT2D eigenvalue weighted by Gasteiger charge is 2.63. The highest BCUT2D eigenvalue weighted by atomic mass is 16.7. The summed E-state index contributed by atoms with van der Waals surface area (Å²) >= 11 is 0. The molecule has 0 N–H and O–H groups in total. The molecule has 0 amide bonds. The first-order valence-corrected chi connectivity index (χ1v) is 11.1. The quantitative estimate of drug-likeness (QED) is 0.629. The second kappa shape index (κ2) is 7.33. The molecule has 3 aromatic carbocycles. The number of ether oxygens (including phenoxy) is 1. The van der Waals surface area contributed by atoms with Crippen LogP contribution in [0.1, 0.15) is 33.7 Å². The van der Waals surface area contributed by atoms with Gasteiger partial charge in [-0.3, -0.25) is 4.90 Å². The number of hydrogen-bond donors (Lipinski definition) is 0. The van der Waals surface area contributed by atoms with Gasteiger partial charge in [0.25, 0.3) is 0 Å². The largest absolute Gasteiger partial charge is 0.379 e. The van der Waals surface area contributed by atoms with Crippen molar-refractivity contribution in [2.45, 2.75) is 18.6 Å². The van der Waals surface area contributed by atoms with Gasteiger partial charge in [-0.25, -0.2) is 0 Å². The van der Waals surface area contributed by atoms with Gasteiger partial charge in [0.1, 0.15) is 0 Å². The molecule has 3 aromatic rings. The molecule has 6 rings (SSSR count). The van der Waals surface area contributed by atoms with Crippen LogP contribution in [0.15, 0.2) is 84.0 Å². The summed E-state index contributed by atoms with van der Waals surface area (Å²) in [6.07, 6.45) is 0. The molecule has 3 aliphatic rings. The minimum absolute atomic E-state index is 0.0770. The molecule has 2 aliphatic heterocycles. The average molecular weight is 411 g/mol. The molecule has 1 saturated heterocycles. The molecule has 2 heterocycles. The summed E-state index contributed by atoms with van der Waals surface area (Å²) in [5, 5.41) is 4.78. The highest BCUT2D eigenvalue weighted by Crippen LogP contribution is 2.59. The number of fused-ring (bicyclic) bond motifs is 3. The molecule has 0 saturated carbocycles. The predicted molar refractivity (Wildman–Crippen MR) is 121 cm³/mol. The van der Waals surface area contributed by atoms with Crippen LogP contribution in [0, 0.1) is 12.8 Å². The summed E-state index contributed by atoms with van der Waals surface area (Å²) in [4.78, 5) is 8.99. The topological polar surface area (TPSA) is 34.1 Å². The van der Waals surface area contributed by atoms with E-state index in [2.05, 4.69) is 90.7 Å². The van der Waals surface area contributed by atoms with Crippen molar-refractivity contribution in [3.63, 3.8) is 0 Å². The van der Waals surface area contributed by atoms with Crippen molar-refractivity contribution in [1.29, 1.82) is 0 Å². The molecule has 3 atom stereocenters. The van der Waals surface area contributed by atoms with E-state index in [0.717, 1.165) is 37.6 Å². The van der Waals surface area contributed by atoms with Gasteiger partial charge >= 0.3 is 0 Å². The SMILES string of the molecule is Cc1ccc(C2=NO[C@@]3(N4CCOCC4)c4ccccc4[C@H](c4ccccc4)[C@@H]23)cc1. The smallest absolute Gasteiger partial charge is 0.226 e. The van der Waals surface area contributed by atoms with Crippen LogP contribution < -0.4 is 0 Å². The fraction of sp³-hybridized carbons (Fsp3) is 0.296. The number of aryl methyl sites for hydroxylation is 1. The lowest BCUT2D eigenvalue weighted by Crippen LogP contribution is -2.54. The van der Waals surface area contributed by atoms with E-state index in [1.54, 1.807) is 0 Å². The van der Waals surface area contributed by atoms with Crippen LogP contribution in [0.25, 0.3) is 0 Å². The Morgan fingerprint density at radius 1 is 0.871 bits per heavy atom. The molecule has 4 heteroatoms. The monoisotopic (exact) mass is 410 g/mol. The summed E-state index contributed by atoms with van der Waals surface area (Å²) in [6, 6.07) is 28.3. The molecular formula is C27H26N2O2. The van der Waals surface area contributed by atoms with Gasteiger partial charge in [-0.05, 0) is 23.6 Å². The van der Waals surface area contributed by atoms with Crippen LogP contribution in [0.2, 0.25) is 0 Å². The van der Waals surface area contributed by atoms with Gasteiger partial charge in [-0.1, -0.05) is 89.6 Å². The molecule has 0 bridgehead atoms. The van der Waals surface area contributed by atoms with E-state index in [-0.39, 0.29) is 11.8 Å². The first-order chi connectivity index (χ1) is 15.3. The number of morpholine rings is 1. The predicted octanol–water partition coefficient (Wildman–Crippen LogP) is 4.68. The van der Waals surface area contributed by atoms with Crippen molar-refractivity contribution >= 4 is 5.71 Å². The minimum Gasteiger partial charge on any atom is -0.379 e. The third-order valence-corrected chi connectivity index (χ3v) is 7.00. The standard InChI is InChI=1S/C27H26N2O2/c1-19-11-13-21(14-12-19)26-25-24(20-7-3-2-4-8-20)22-9-5-6-10-23(22)27(25,31-28-26)29-15-17-30-18-16-29/h2-14,24-25H,15-18H2,1H3/t24-,25-,27-/m0/s1. The number of rotatable bonds is 3. The summed E-state index contributed by atoms with van der Waals surface area (Å²) in [7, 11) is 0. The van der Waals surface area contributed by atoms with Gasteiger partial charge in [-0.2, -0.15) is 0 Å². The van der Waals surface area contributed by atoms with Crippen molar-refractivity contribution in [3.05, 3.63) is 107 Å². The molecule has 31 heavy (non-hydrogen) atoms. The minimum atomic E-state index is -0.596. The first-order valence-electron chi connectivity index (χ1n) is 11.1. The Morgan fingerprint density at radius 3 is 2.35 bits per heavy atom. The van der Waals surface area contributed by atoms with Crippen LogP contribution in [0.5, 0.6) is 0 Å². The van der Waals surface area contributed by atoms with E-state index in [0.29, 0.717) is 0 Å². The molecule has 4 nitrogen and oxygen atoms in total. The molecule has 0 spiro atoms. The van der Waals surface area contributed by atoms with Crippen LogP contribution in [-0.4, -0.2) is 36.9 Å². The second-order valence-corrected chi connectivity index (χ2v) is 8.68. The summed E-state index contributed by atoms with van der Waals surface area (Å²) in [5.41, 5.74) is 6.71. The second-order valence-electron chi connectivity index (χ2n) is 8.68. The Morgan fingerprint density at radius 2 is 1.58 bits per heavy atom. The first kappa shape index (κ1) is 18.8. The van der Waals surface area contributed by atoms with E-state index in [1.807, 2.05) is 0 Å². The fourth-order valence-electron chi connectivity index (χ4n) is 5.60. The number of hydrogen-bond acceptors (Lipinski definition) is 4.